The summed E-state index contributed by atoms with van der Waals surface area (Å²) in [4.78, 5) is 10.8. The van der Waals surface area contributed by atoms with Crippen LogP contribution in [-0.4, -0.2) is 38.6 Å². The third-order valence-electron chi connectivity index (χ3n) is 5.24. The summed E-state index contributed by atoms with van der Waals surface area (Å²) in [7, 11) is 5.83. The molecule has 0 spiro atoms. The van der Waals surface area contributed by atoms with Gasteiger partial charge in [0.1, 0.15) is 5.82 Å². The summed E-state index contributed by atoms with van der Waals surface area (Å²) in [5.74, 6) is 1.81. The first-order chi connectivity index (χ1) is 12.6. The largest absolute Gasteiger partial charge is 0.363 e. The summed E-state index contributed by atoms with van der Waals surface area (Å²) in [6.07, 6.45) is 5.61. The number of rotatable bonds is 6. The van der Waals surface area contributed by atoms with Crippen molar-refractivity contribution in [3.05, 3.63) is 59.8 Å². The highest BCUT2D eigenvalue weighted by Crippen LogP contribution is 2.43. The molecule has 0 saturated heterocycles. The second-order valence-electron chi connectivity index (χ2n) is 7.20. The number of aromatic nitrogens is 1. The van der Waals surface area contributed by atoms with Crippen LogP contribution in [0.15, 0.2) is 53.7 Å². The summed E-state index contributed by atoms with van der Waals surface area (Å²) < 4.78 is 0. The minimum Gasteiger partial charge on any atom is -0.363 e. The molecule has 1 heterocycles. The molecule has 1 saturated carbocycles. The number of nitrogens with one attached hydrogen (secondary N) is 2. The number of hydrogen-bond donors (Lipinski definition) is 2. The minimum absolute atomic E-state index is 0. The molecule has 0 amide bonds. The van der Waals surface area contributed by atoms with Crippen LogP contribution in [0.5, 0.6) is 0 Å². The third-order valence-corrected chi connectivity index (χ3v) is 5.24. The first-order valence-electron chi connectivity index (χ1n) is 9.25. The quantitative estimate of drug-likeness (QED) is 0.378. The number of pyridine rings is 1. The molecule has 27 heavy (non-hydrogen) atoms. The van der Waals surface area contributed by atoms with Crippen LogP contribution < -0.4 is 15.5 Å². The van der Waals surface area contributed by atoms with Gasteiger partial charge in [-0.25, -0.2) is 4.98 Å². The molecule has 2 aromatic rings. The maximum Gasteiger partial charge on any atom is 0.191 e. The number of benzene rings is 1. The van der Waals surface area contributed by atoms with Gasteiger partial charge in [0.05, 0.1) is 0 Å². The van der Waals surface area contributed by atoms with Crippen LogP contribution in [0.25, 0.3) is 0 Å². The second-order valence-corrected chi connectivity index (χ2v) is 7.20. The minimum atomic E-state index is 0. The molecule has 1 aliphatic rings. The van der Waals surface area contributed by atoms with Gasteiger partial charge in [-0.3, -0.25) is 4.99 Å². The van der Waals surface area contributed by atoms with Crippen LogP contribution in [0, 0.1) is 0 Å². The molecule has 5 nitrogen and oxygen atoms in total. The molecule has 1 fully saturated rings. The lowest BCUT2D eigenvalue weighted by molar-refractivity contribution is 0.244. The Morgan fingerprint density at radius 2 is 1.89 bits per heavy atom. The van der Waals surface area contributed by atoms with E-state index in [0.29, 0.717) is 0 Å². The van der Waals surface area contributed by atoms with Gasteiger partial charge in [-0.15, -0.1) is 24.0 Å². The molecule has 6 heteroatoms. The van der Waals surface area contributed by atoms with Crippen LogP contribution in [0.1, 0.15) is 30.4 Å². The number of nitrogens with zero attached hydrogens (tertiary/aromatic N) is 3. The topological polar surface area (TPSA) is 52.6 Å². The molecule has 146 valence electrons. The van der Waals surface area contributed by atoms with E-state index >= 15 is 0 Å². The van der Waals surface area contributed by atoms with Gasteiger partial charge in [0.2, 0.25) is 0 Å². The maximum atomic E-state index is 4.38. The predicted molar refractivity (Wildman–Crippen MR) is 124 cm³/mol. The van der Waals surface area contributed by atoms with Crippen LogP contribution in [0.2, 0.25) is 0 Å². The Kier molecular flexibility index (Phi) is 7.89. The van der Waals surface area contributed by atoms with Gasteiger partial charge in [-0.1, -0.05) is 36.8 Å². The summed E-state index contributed by atoms with van der Waals surface area (Å²) in [6.45, 7) is 1.64. The molecule has 0 radical (unpaired) electrons. The molecular weight excluding hydrogens is 449 g/mol. The summed E-state index contributed by atoms with van der Waals surface area (Å²) in [6, 6.07) is 15.0. The van der Waals surface area contributed by atoms with E-state index in [1.165, 1.54) is 30.4 Å². The smallest absolute Gasteiger partial charge is 0.191 e. The fourth-order valence-electron chi connectivity index (χ4n) is 3.44. The number of halogens is 1. The Hall–Kier alpha value is -1.83. The molecule has 1 aromatic carbocycles. The van der Waals surface area contributed by atoms with E-state index in [1.807, 2.05) is 38.3 Å². The van der Waals surface area contributed by atoms with Gasteiger partial charge in [-0.05, 0) is 36.1 Å². The lowest BCUT2D eigenvalue weighted by Crippen LogP contribution is -2.48. The van der Waals surface area contributed by atoms with Crippen molar-refractivity contribution in [3.8, 4) is 0 Å². The zero-order chi connectivity index (χ0) is 18.4. The van der Waals surface area contributed by atoms with E-state index in [-0.39, 0.29) is 29.4 Å². The molecule has 3 rings (SSSR count). The highest BCUT2D eigenvalue weighted by molar-refractivity contribution is 14.0. The van der Waals surface area contributed by atoms with Crippen molar-refractivity contribution in [2.75, 3.05) is 32.6 Å². The molecule has 1 aromatic heterocycles. The lowest BCUT2D eigenvalue weighted by Gasteiger charge is -2.43. The first-order valence-corrected chi connectivity index (χ1v) is 9.25. The van der Waals surface area contributed by atoms with Crippen LogP contribution in [0.4, 0.5) is 5.82 Å². The molecule has 0 atom stereocenters. The summed E-state index contributed by atoms with van der Waals surface area (Å²) in [5, 5.41) is 6.95. The van der Waals surface area contributed by atoms with Crippen molar-refractivity contribution in [3.63, 3.8) is 0 Å². The Morgan fingerprint density at radius 3 is 2.48 bits per heavy atom. The van der Waals surface area contributed by atoms with Crippen molar-refractivity contribution in [2.24, 2.45) is 4.99 Å². The van der Waals surface area contributed by atoms with E-state index in [1.54, 1.807) is 0 Å². The highest BCUT2D eigenvalue weighted by Gasteiger charge is 2.38. The van der Waals surface area contributed by atoms with Crippen molar-refractivity contribution in [1.29, 1.82) is 0 Å². The van der Waals surface area contributed by atoms with Crippen molar-refractivity contribution in [1.82, 2.24) is 15.6 Å². The highest BCUT2D eigenvalue weighted by atomic mass is 127. The van der Waals surface area contributed by atoms with Gasteiger partial charge in [0.15, 0.2) is 5.96 Å². The Balaban J connectivity index is 0.00000261. The Labute approximate surface area is 179 Å². The molecule has 1 aliphatic carbocycles. The van der Waals surface area contributed by atoms with Crippen molar-refractivity contribution in [2.45, 2.75) is 31.2 Å². The number of anilines is 1. The average molecular weight is 479 g/mol. The summed E-state index contributed by atoms with van der Waals surface area (Å²) >= 11 is 0. The van der Waals surface area contributed by atoms with Crippen LogP contribution in [0.3, 0.4) is 0 Å². The zero-order valence-corrected chi connectivity index (χ0v) is 18.7. The van der Waals surface area contributed by atoms with Crippen LogP contribution >= 0.6 is 24.0 Å². The number of hydrogen-bond acceptors (Lipinski definition) is 3. The zero-order valence-electron chi connectivity index (χ0n) is 16.4. The summed E-state index contributed by atoms with van der Waals surface area (Å²) in [5.41, 5.74) is 2.86. The van der Waals surface area contributed by atoms with E-state index in [2.05, 4.69) is 57.0 Å². The van der Waals surface area contributed by atoms with Gasteiger partial charge < -0.3 is 15.5 Å². The van der Waals surface area contributed by atoms with E-state index in [4.69, 9.17) is 0 Å². The molecule has 0 bridgehead atoms. The molecular formula is C21H30IN5. The standard InChI is InChI=1S/C21H29N5.HI/c1-22-20(24-15-17-10-13-23-19(14-17)26(2)3)25-16-21(11-7-12-21)18-8-5-4-6-9-18;/h4-6,8-10,13-14H,7,11-12,15-16H2,1-3H3,(H2,22,24,25);1H. The van der Waals surface area contributed by atoms with Gasteiger partial charge in [0, 0.05) is 45.8 Å². The van der Waals surface area contributed by atoms with E-state index in [9.17, 15) is 0 Å². The SMILES string of the molecule is CN=C(NCc1ccnc(N(C)C)c1)NCC1(c2ccccc2)CCC1.I. The Bertz CT molecular complexity index is 741. The number of aliphatic imine (C=N–C) groups is 1. The Morgan fingerprint density at radius 1 is 1.15 bits per heavy atom. The fraction of sp³-hybridized carbons (Fsp3) is 0.429. The molecule has 2 N–H and O–H groups in total. The number of guanidine groups is 1. The molecule has 0 aliphatic heterocycles. The van der Waals surface area contributed by atoms with Gasteiger partial charge in [0.25, 0.3) is 0 Å². The third kappa shape index (κ3) is 5.34. The van der Waals surface area contributed by atoms with Crippen LogP contribution in [-0.2, 0) is 12.0 Å². The monoisotopic (exact) mass is 479 g/mol. The van der Waals surface area contributed by atoms with Crippen molar-refractivity contribution >= 4 is 35.8 Å². The van der Waals surface area contributed by atoms with Gasteiger partial charge >= 0.3 is 0 Å². The second kappa shape index (κ2) is 9.92. The van der Waals surface area contributed by atoms with Gasteiger partial charge in [-0.2, -0.15) is 0 Å². The first kappa shape index (κ1) is 21.5. The van der Waals surface area contributed by atoms with E-state index < -0.39 is 0 Å². The fourth-order valence-corrected chi connectivity index (χ4v) is 3.44. The lowest BCUT2D eigenvalue weighted by atomic mass is 9.64. The predicted octanol–water partition coefficient (Wildman–Crippen LogP) is 3.55. The maximum absolute atomic E-state index is 4.38. The molecule has 0 unspecified atom stereocenters. The van der Waals surface area contributed by atoms with E-state index in [0.717, 1.165) is 24.9 Å². The van der Waals surface area contributed by atoms with Crippen molar-refractivity contribution < 1.29 is 0 Å². The average Bonchev–Trinajstić information content (AvgIpc) is 2.64. The normalized spacial score (nSPS) is 15.3.